The van der Waals surface area contributed by atoms with E-state index in [0.717, 1.165) is 6.07 Å². The minimum atomic E-state index is -4.50. The van der Waals surface area contributed by atoms with Crippen molar-refractivity contribution in [2.24, 2.45) is 0 Å². The molecular formula is C11H9BrF3NO. The summed E-state index contributed by atoms with van der Waals surface area (Å²) in [6.07, 6.45) is -5.42. The molecule has 1 rings (SSSR count). The largest absolute Gasteiger partial charge is 0.475 e. The van der Waals surface area contributed by atoms with E-state index in [1.807, 2.05) is 0 Å². The smallest absolute Gasteiger partial charge is 0.419 e. The van der Waals surface area contributed by atoms with Gasteiger partial charge >= 0.3 is 6.18 Å². The molecule has 0 N–H and O–H groups in total. The zero-order valence-corrected chi connectivity index (χ0v) is 10.5. The first-order valence-electron chi connectivity index (χ1n) is 4.71. The Morgan fingerprint density at radius 3 is 2.59 bits per heavy atom. The lowest BCUT2D eigenvalue weighted by atomic mass is 10.1. The average Bonchev–Trinajstić information content (AvgIpc) is 2.28. The molecule has 92 valence electrons. The first-order chi connectivity index (χ1) is 7.88. The molecule has 6 heteroatoms. The van der Waals surface area contributed by atoms with Crippen molar-refractivity contribution in [2.45, 2.75) is 24.5 Å². The first kappa shape index (κ1) is 13.8. The minimum Gasteiger partial charge on any atom is -0.475 e. The predicted octanol–water partition coefficient (Wildman–Crippen LogP) is 3.89. The van der Waals surface area contributed by atoms with Crippen LogP contribution in [0.25, 0.3) is 0 Å². The number of ether oxygens (including phenoxy) is 1. The monoisotopic (exact) mass is 307 g/mol. The van der Waals surface area contributed by atoms with Crippen molar-refractivity contribution in [2.75, 3.05) is 0 Å². The van der Waals surface area contributed by atoms with Gasteiger partial charge in [0.05, 0.1) is 5.56 Å². The molecule has 1 aromatic carbocycles. The SMILES string of the molecule is CC(C#N)Oc1ccc(CBr)cc1C(F)(F)F. The molecule has 17 heavy (non-hydrogen) atoms. The van der Waals surface area contributed by atoms with Gasteiger partial charge in [-0.3, -0.25) is 0 Å². The van der Waals surface area contributed by atoms with E-state index in [4.69, 9.17) is 10.00 Å². The topological polar surface area (TPSA) is 33.0 Å². The Morgan fingerprint density at radius 1 is 1.47 bits per heavy atom. The third kappa shape index (κ3) is 3.63. The molecule has 0 radical (unpaired) electrons. The van der Waals surface area contributed by atoms with Gasteiger partial charge in [-0.1, -0.05) is 22.0 Å². The van der Waals surface area contributed by atoms with Crippen LogP contribution < -0.4 is 4.74 Å². The summed E-state index contributed by atoms with van der Waals surface area (Å²) in [5.74, 6) is -0.323. The van der Waals surface area contributed by atoms with Gasteiger partial charge in [0, 0.05) is 5.33 Å². The summed E-state index contributed by atoms with van der Waals surface area (Å²) in [5, 5.41) is 8.85. The van der Waals surface area contributed by atoms with Gasteiger partial charge in [0.1, 0.15) is 11.8 Å². The molecule has 0 aromatic heterocycles. The highest BCUT2D eigenvalue weighted by Gasteiger charge is 2.35. The van der Waals surface area contributed by atoms with Crippen molar-refractivity contribution >= 4 is 15.9 Å². The molecule has 0 aliphatic carbocycles. The lowest BCUT2D eigenvalue weighted by Crippen LogP contribution is -2.14. The molecular weight excluding hydrogens is 299 g/mol. The standard InChI is InChI=1S/C11H9BrF3NO/c1-7(6-16)17-10-3-2-8(5-12)4-9(10)11(13,14)15/h2-4,7H,5H2,1H3. The third-order valence-electron chi connectivity index (χ3n) is 1.99. The van der Waals surface area contributed by atoms with E-state index in [1.165, 1.54) is 19.1 Å². The number of alkyl halides is 4. The van der Waals surface area contributed by atoms with Gasteiger partial charge in [0.15, 0.2) is 6.10 Å². The number of rotatable bonds is 3. The molecule has 2 nitrogen and oxygen atoms in total. The van der Waals surface area contributed by atoms with E-state index in [1.54, 1.807) is 6.07 Å². The number of halogens is 4. The van der Waals surface area contributed by atoms with Crippen LogP contribution in [0.1, 0.15) is 18.1 Å². The van der Waals surface area contributed by atoms with Crippen LogP contribution in [0.2, 0.25) is 0 Å². The van der Waals surface area contributed by atoms with E-state index < -0.39 is 17.8 Å². The van der Waals surface area contributed by atoms with Crippen LogP contribution in [0, 0.1) is 11.3 Å². The van der Waals surface area contributed by atoms with Gasteiger partial charge in [0.25, 0.3) is 0 Å². The first-order valence-corrected chi connectivity index (χ1v) is 5.83. The fourth-order valence-electron chi connectivity index (χ4n) is 1.20. The molecule has 0 spiro atoms. The van der Waals surface area contributed by atoms with Crippen LogP contribution in [-0.4, -0.2) is 6.10 Å². The predicted molar refractivity (Wildman–Crippen MR) is 59.8 cm³/mol. The summed E-state index contributed by atoms with van der Waals surface area (Å²) < 4.78 is 43.1. The molecule has 1 atom stereocenters. The van der Waals surface area contributed by atoms with Crippen LogP contribution in [0.3, 0.4) is 0 Å². The lowest BCUT2D eigenvalue weighted by molar-refractivity contribution is -0.139. The molecule has 0 fully saturated rings. The summed E-state index contributed by atoms with van der Waals surface area (Å²) in [5.41, 5.74) is -0.370. The Balaban J connectivity index is 3.17. The maximum absolute atomic E-state index is 12.7. The zero-order chi connectivity index (χ0) is 13.1. The summed E-state index contributed by atoms with van der Waals surface area (Å²) >= 11 is 3.09. The second-order valence-corrected chi connectivity index (χ2v) is 3.91. The molecule has 0 aliphatic rings. The number of benzene rings is 1. The molecule has 0 aliphatic heterocycles. The van der Waals surface area contributed by atoms with Crippen LogP contribution in [0.5, 0.6) is 5.75 Å². The van der Waals surface area contributed by atoms with Crippen molar-refractivity contribution in [3.8, 4) is 11.8 Å². The quantitative estimate of drug-likeness (QED) is 0.794. The van der Waals surface area contributed by atoms with Gasteiger partial charge in [-0.15, -0.1) is 0 Å². The van der Waals surface area contributed by atoms with Crippen molar-refractivity contribution < 1.29 is 17.9 Å². The highest BCUT2D eigenvalue weighted by molar-refractivity contribution is 9.08. The van der Waals surface area contributed by atoms with Gasteiger partial charge in [-0.2, -0.15) is 18.4 Å². The number of hydrogen-bond donors (Lipinski definition) is 0. The normalized spacial score (nSPS) is 12.9. The van der Waals surface area contributed by atoms with E-state index in [-0.39, 0.29) is 5.75 Å². The highest BCUT2D eigenvalue weighted by atomic mass is 79.9. The maximum Gasteiger partial charge on any atom is 0.419 e. The Kier molecular flexibility index (Phi) is 4.40. The van der Waals surface area contributed by atoms with Gasteiger partial charge < -0.3 is 4.74 Å². The van der Waals surface area contributed by atoms with Crippen LogP contribution in [0.15, 0.2) is 18.2 Å². The van der Waals surface area contributed by atoms with E-state index in [9.17, 15) is 13.2 Å². The number of hydrogen-bond acceptors (Lipinski definition) is 2. The fourth-order valence-corrected chi connectivity index (χ4v) is 1.55. The summed E-state index contributed by atoms with van der Waals surface area (Å²) in [4.78, 5) is 0. The van der Waals surface area contributed by atoms with Crippen LogP contribution >= 0.6 is 15.9 Å². The van der Waals surface area contributed by atoms with E-state index in [2.05, 4.69) is 15.9 Å². The molecule has 1 aromatic rings. The molecule has 0 bridgehead atoms. The highest BCUT2D eigenvalue weighted by Crippen LogP contribution is 2.37. The van der Waals surface area contributed by atoms with Gasteiger partial charge in [-0.25, -0.2) is 0 Å². The van der Waals surface area contributed by atoms with Crippen LogP contribution in [0.4, 0.5) is 13.2 Å². The Morgan fingerprint density at radius 2 is 2.12 bits per heavy atom. The van der Waals surface area contributed by atoms with Crippen molar-refractivity contribution in [3.63, 3.8) is 0 Å². The molecule has 0 saturated heterocycles. The minimum absolute atomic E-state index is 0.323. The second-order valence-electron chi connectivity index (χ2n) is 3.35. The lowest BCUT2D eigenvalue weighted by Gasteiger charge is -2.15. The third-order valence-corrected chi connectivity index (χ3v) is 2.64. The molecule has 0 amide bonds. The van der Waals surface area contributed by atoms with Crippen molar-refractivity contribution in [1.82, 2.24) is 0 Å². The fraction of sp³-hybridized carbons (Fsp3) is 0.364. The van der Waals surface area contributed by atoms with E-state index in [0.29, 0.717) is 10.9 Å². The second kappa shape index (κ2) is 5.41. The molecule has 0 saturated carbocycles. The molecule has 1 unspecified atom stereocenters. The van der Waals surface area contributed by atoms with E-state index >= 15 is 0 Å². The number of nitriles is 1. The summed E-state index contributed by atoms with van der Waals surface area (Å²) in [6, 6.07) is 5.48. The van der Waals surface area contributed by atoms with Gasteiger partial charge in [-0.05, 0) is 24.6 Å². The van der Waals surface area contributed by atoms with Gasteiger partial charge in [0.2, 0.25) is 0 Å². The summed E-state index contributed by atoms with van der Waals surface area (Å²) in [6.45, 7) is 1.39. The average molecular weight is 308 g/mol. The Bertz CT molecular complexity index is 439. The number of nitrogens with zero attached hydrogens (tertiary/aromatic N) is 1. The zero-order valence-electron chi connectivity index (χ0n) is 8.88. The van der Waals surface area contributed by atoms with Crippen LogP contribution in [-0.2, 0) is 11.5 Å². The maximum atomic E-state index is 12.7. The van der Waals surface area contributed by atoms with Crippen molar-refractivity contribution in [1.29, 1.82) is 5.26 Å². The van der Waals surface area contributed by atoms with Crippen molar-refractivity contribution in [3.05, 3.63) is 29.3 Å². The molecule has 0 heterocycles. The summed E-state index contributed by atoms with van der Waals surface area (Å²) in [7, 11) is 0. The Hall–Kier alpha value is -1.22. The Labute approximate surface area is 105 Å².